The Kier molecular flexibility index (Phi) is 5.16. The van der Waals surface area contributed by atoms with Gasteiger partial charge in [-0.05, 0) is 55.7 Å². The number of amides is 2. The Hall–Kier alpha value is -3.41. The first-order valence-electron chi connectivity index (χ1n) is 9.81. The van der Waals surface area contributed by atoms with Gasteiger partial charge in [0.2, 0.25) is 5.91 Å². The normalized spacial score (nSPS) is 18.6. The molecule has 1 aliphatic rings. The van der Waals surface area contributed by atoms with Crippen LogP contribution in [0.2, 0.25) is 0 Å². The molecular weight excluding hydrogens is 364 g/mol. The zero-order valence-electron chi connectivity index (χ0n) is 16.4. The molecule has 1 N–H and O–H groups in total. The van der Waals surface area contributed by atoms with Gasteiger partial charge in [-0.15, -0.1) is 0 Å². The van der Waals surface area contributed by atoms with Crippen LogP contribution in [0.25, 0.3) is 0 Å². The van der Waals surface area contributed by atoms with Crippen LogP contribution in [-0.4, -0.2) is 38.6 Å². The van der Waals surface area contributed by atoms with Crippen LogP contribution in [0.1, 0.15) is 35.7 Å². The lowest BCUT2D eigenvalue weighted by atomic mass is 9.96. The van der Waals surface area contributed by atoms with Crippen molar-refractivity contribution in [3.05, 3.63) is 84.2 Å². The summed E-state index contributed by atoms with van der Waals surface area (Å²) < 4.78 is 1.85. The molecular formula is C23H24N4O2. The van der Waals surface area contributed by atoms with Crippen LogP contribution in [0, 0.1) is 0 Å². The quantitative estimate of drug-likeness (QED) is 0.727. The first-order valence-corrected chi connectivity index (χ1v) is 9.81. The van der Waals surface area contributed by atoms with Crippen molar-refractivity contribution in [2.24, 2.45) is 0 Å². The summed E-state index contributed by atoms with van der Waals surface area (Å²) in [4.78, 5) is 27.8. The number of likely N-dealkylation sites (tertiary alicyclic amines) is 1. The molecule has 0 radical (unpaired) electrons. The largest absolute Gasteiger partial charge is 0.324 e. The minimum Gasteiger partial charge on any atom is -0.324 e. The smallest absolute Gasteiger partial charge is 0.254 e. The topological polar surface area (TPSA) is 67.2 Å². The summed E-state index contributed by atoms with van der Waals surface area (Å²) in [7, 11) is 0. The molecule has 148 valence electrons. The van der Waals surface area contributed by atoms with E-state index in [0.717, 1.165) is 17.7 Å². The Morgan fingerprint density at radius 2 is 1.83 bits per heavy atom. The molecule has 1 aliphatic heterocycles. The van der Waals surface area contributed by atoms with E-state index in [4.69, 9.17) is 0 Å². The standard InChI is InChI=1S/C23H24N4O2/c1-23(13-5-16-27(23)21(28)19-7-3-2-4-8-19)22(29)25-20-11-9-18(10-12-20)17-26-15-6-14-24-26/h2-4,6-12,14-15H,5,13,16-17H2,1H3,(H,25,29). The van der Waals surface area contributed by atoms with Crippen molar-refractivity contribution < 1.29 is 9.59 Å². The fourth-order valence-corrected chi connectivity index (χ4v) is 3.80. The third kappa shape index (κ3) is 3.92. The van der Waals surface area contributed by atoms with E-state index in [9.17, 15) is 9.59 Å². The molecule has 3 aromatic rings. The van der Waals surface area contributed by atoms with Crippen LogP contribution in [0.4, 0.5) is 5.69 Å². The molecule has 2 aromatic carbocycles. The number of benzene rings is 2. The van der Waals surface area contributed by atoms with Crippen LogP contribution in [0.3, 0.4) is 0 Å². The highest BCUT2D eigenvalue weighted by Crippen LogP contribution is 2.32. The average molecular weight is 388 g/mol. The number of nitrogens with one attached hydrogen (secondary N) is 1. The Labute approximate surface area is 170 Å². The average Bonchev–Trinajstić information content (AvgIpc) is 3.40. The molecule has 1 atom stereocenters. The highest BCUT2D eigenvalue weighted by Gasteiger charge is 2.45. The van der Waals surface area contributed by atoms with Gasteiger partial charge in [-0.1, -0.05) is 30.3 Å². The van der Waals surface area contributed by atoms with Crippen LogP contribution >= 0.6 is 0 Å². The van der Waals surface area contributed by atoms with Crippen LogP contribution < -0.4 is 5.32 Å². The van der Waals surface area contributed by atoms with E-state index in [0.29, 0.717) is 25.1 Å². The van der Waals surface area contributed by atoms with Crippen molar-refractivity contribution in [2.45, 2.75) is 31.8 Å². The summed E-state index contributed by atoms with van der Waals surface area (Å²) in [6.07, 6.45) is 5.12. The SMILES string of the molecule is CC1(C(=O)Nc2ccc(Cn3cccn3)cc2)CCCN1C(=O)c1ccccc1. The second-order valence-electron chi connectivity index (χ2n) is 7.55. The monoisotopic (exact) mass is 388 g/mol. The van der Waals surface area contributed by atoms with Gasteiger partial charge in [-0.2, -0.15) is 5.10 Å². The first-order chi connectivity index (χ1) is 14.1. The number of rotatable bonds is 5. The molecule has 1 fully saturated rings. The van der Waals surface area contributed by atoms with Gasteiger partial charge in [0.05, 0.1) is 6.54 Å². The van der Waals surface area contributed by atoms with Crippen LogP contribution in [0.5, 0.6) is 0 Å². The molecule has 0 bridgehead atoms. The molecule has 1 aromatic heterocycles. The lowest BCUT2D eigenvalue weighted by Crippen LogP contribution is -2.53. The van der Waals surface area contributed by atoms with Gasteiger partial charge in [0.1, 0.15) is 5.54 Å². The molecule has 6 nitrogen and oxygen atoms in total. The van der Waals surface area contributed by atoms with E-state index >= 15 is 0 Å². The minimum atomic E-state index is -0.860. The lowest BCUT2D eigenvalue weighted by Gasteiger charge is -2.34. The Bertz CT molecular complexity index is 983. The summed E-state index contributed by atoms with van der Waals surface area (Å²) in [5.74, 6) is -0.255. The lowest BCUT2D eigenvalue weighted by molar-refractivity contribution is -0.124. The Morgan fingerprint density at radius 3 is 2.52 bits per heavy atom. The first kappa shape index (κ1) is 18.9. The number of aromatic nitrogens is 2. The van der Waals surface area contributed by atoms with Gasteiger partial charge >= 0.3 is 0 Å². The van der Waals surface area contributed by atoms with Crippen molar-refractivity contribution in [2.75, 3.05) is 11.9 Å². The van der Waals surface area contributed by atoms with Crippen molar-refractivity contribution in [1.82, 2.24) is 14.7 Å². The molecule has 2 heterocycles. The second-order valence-corrected chi connectivity index (χ2v) is 7.55. The summed E-state index contributed by atoms with van der Waals surface area (Å²) in [5.41, 5.74) is 1.57. The highest BCUT2D eigenvalue weighted by molar-refractivity contribution is 6.03. The molecule has 29 heavy (non-hydrogen) atoms. The van der Waals surface area contributed by atoms with Crippen molar-refractivity contribution >= 4 is 17.5 Å². The number of carbonyl (C=O) groups is 2. The molecule has 0 saturated carbocycles. The van der Waals surface area contributed by atoms with E-state index in [1.807, 2.05) is 66.3 Å². The predicted octanol–water partition coefficient (Wildman–Crippen LogP) is 3.56. The maximum absolute atomic E-state index is 13.1. The van der Waals surface area contributed by atoms with E-state index < -0.39 is 5.54 Å². The van der Waals surface area contributed by atoms with Gasteiger partial charge in [0, 0.05) is 30.2 Å². The Morgan fingerprint density at radius 1 is 1.07 bits per heavy atom. The number of nitrogens with zero attached hydrogens (tertiary/aromatic N) is 3. The van der Waals surface area contributed by atoms with E-state index in [1.165, 1.54) is 0 Å². The predicted molar refractivity (Wildman–Crippen MR) is 112 cm³/mol. The van der Waals surface area contributed by atoms with E-state index in [2.05, 4.69) is 10.4 Å². The third-order valence-electron chi connectivity index (χ3n) is 5.51. The molecule has 4 rings (SSSR count). The van der Waals surface area contributed by atoms with Gasteiger partial charge in [0.25, 0.3) is 5.91 Å². The molecule has 0 spiro atoms. The molecule has 6 heteroatoms. The number of hydrogen-bond donors (Lipinski definition) is 1. The van der Waals surface area contributed by atoms with Crippen molar-refractivity contribution in [1.29, 1.82) is 0 Å². The van der Waals surface area contributed by atoms with Gasteiger partial charge in [-0.25, -0.2) is 0 Å². The fraction of sp³-hybridized carbons (Fsp3) is 0.261. The fourth-order valence-electron chi connectivity index (χ4n) is 3.80. The molecule has 1 saturated heterocycles. The third-order valence-corrected chi connectivity index (χ3v) is 5.51. The van der Waals surface area contributed by atoms with Gasteiger partial charge in [-0.3, -0.25) is 14.3 Å². The minimum absolute atomic E-state index is 0.102. The summed E-state index contributed by atoms with van der Waals surface area (Å²) in [5, 5.41) is 7.19. The number of carbonyl (C=O) groups excluding carboxylic acids is 2. The zero-order chi connectivity index (χ0) is 20.3. The summed E-state index contributed by atoms with van der Waals surface area (Å²) in [6.45, 7) is 3.11. The van der Waals surface area contributed by atoms with Crippen LogP contribution in [0.15, 0.2) is 73.1 Å². The second kappa shape index (κ2) is 7.91. The van der Waals surface area contributed by atoms with Crippen molar-refractivity contribution in [3.8, 4) is 0 Å². The van der Waals surface area contributed by atoms with E-state index in [1.54, 1.807) is 23.2 Å². The molecule has 2 amide bonds. The van der Waals surface area contributed by atoms with E-state index in [-0.39, 0.29) is 11.8 Å². The number of hydrogen-bond acceptors (Lipinski definition) is 3. The summed E-state index contributed by atoms with van der Waals surface area (Å²) in [6, 6.07) is 18.7. The van der Waals surface area contributed by atoms with Crippen LogP contribution in [-0.2, 0) is 11.3 Å². The maximum atomic E-state index is 13.1. The molecule has 0 aliphatic carbocycles. The van der Waals surface area contributed by atoms with Gasteiger partial charge < -0.3 is 10.2 Å². The van der Waals surface area contributed by atoms with Crippen molar-refractivity contribution in [3.63, 3.8) is 0 Å². The summed E-state index contributed by atoms with van der Waals surface area (Å²) >= 11 is 0. The highest BCUT2D eigenvalue weighted by atomic mass is 16.2. The zero-order valence-corrected chi connectivity index (χ0v) is 16.4. The number of anilines is 1. The Balaban J connectivity index is 1.46. The molecule has 1 unspecified atom stereocenters. The van der Waals surface area contributed by atoms with Gasteiger partial charge in [0.15, 0.2) is 0 Å². The maximum Gasteiger partial charge on any atom is 0.254 e.